The monoisotopic (exact) mass is 306 g/mol. The summed E-state index contributed by atoms with van der Waals surface area (Å²) in [6, 6.07) is 1.45. The van der Waals surface area contributed by atoms with Gasteiger partial charge in [-0.25, -0.2) is 0 Å². The molecule has 0 aliphatic carbocycles. The zero-order valence-corrected chi connectivity index (χ0v) is 14.2. The van der Waals surface area contributed by atoms with E-state index in [0.717, 1.165) is 0 Å². The second-order valence-electron chi connectivity index (χ2n) is 6.02. The predicted octanol–water partition coefficient (Wildman–Crippen LogP) is 1.93. The summed E-state index contributed by atoms with van der Waals surface area (Å²) >= 11 is 0. The summed E-state index contributed by atoms with van der Waals surface area (Å²) in [5, 5.41) is 3.09. The van der Waals surface area contributed by atoms with Crippen molar-refractivity contribution in [3.63, 3.8) is 0 Å². The van der Waals surface area contributed by atoms with Crippen LogP contribution in [0.2, 0.25) is 0 Å². The summed E-state index contributed by atoms with van der Waals surface area (Å²) < 4.78 is 0. The maximum atomic E-state index is 12.6. The number of aromatic nitrogens is 1. The van der Waals surface area contributed by atoms with Crippen LogP contribution < -0.4 is 11.1 Å². The van der Waals surface area contributed by atoms with Gasteiger partial charge in [0.2, 0.25) is 5.91 Å². The molecule has 1 atom stereocenters. The quantitative estimate of drug-likeness (QED) is 0.840. The first-order valence-corrected chi connectivity index (χ1v) is 7.50. The van der Waals surface area contributed by atoms with Gasteiger partial charge in [0.1, 0.15) is 6.04 Å². The summed E-state index contributed by atoms with van der Waals surface area (Å²) in [5.41, 5.74) is 6.85. The number of amides is 2. The van der Waals surface area contributed by atoms with E-state index in [1.807, 2.05) is 32.6 Å². The fourth-order valence-corrected chi connectivity index (χ4v) is 2.50. The van der Waals surface area contributed by atoms with Gasteiger partial charge in [-0.15, -0.1) is 0 Å². The number of nitrogens with one attached hydrogen (secondary N) is 1. The van der Waals surface area contributed by atoms with Gasteiger partial charge in [0.15, 0.2) is 0 Å². The predicted molar refractivity (Wildman–Crippen MR) is 87.7 cm³/mol. The van der Waals surface area contributed by atoms with Crippen molar-refractivity contribution in [3.05, 3.63) is 23.5 Å². The average molecular weight is 306 g/mol. The van der Waals surface area contributed by atoms with Crippen LogP contribution >= 0.6 is 0 Å². The van der Waals surface area contributed by atoms with Crippen molar-refractivity contribution in [3.8, 4) is 0 Å². The number of carbonyl (C=O) groups excluding carboxylic acids is 2. The van der Waals surface area contributed by atoms with Crippen LogP contribution in [0, 0.1) is 6.92 Å². The summed E-state index contributed by atoms with van der Waals surface area (Å²) in [6.07, 6.45) is 1.60. The Morgan fingerprint density at radius 1 is 1.18 bits per heavy atom. The molecule has 1 aromatic heterocycles. The number of rotatable bonds is 6. The Labute approximate surface area is 132 Å². The number of primary amides is 1. The lowest BCUT2D eigenvalue weighted by Gasteiger charge is -2.33. The average Bonchev–Trinajstić information content (AvgIpc) is 2.39. The van der Waals surface area contributed by atoms with E-state index in [-0.39, 0.29) is 18.0 Å². The van der Waals surface area contributed by atoms with Gasteiger partial charge in [0, 0.05) is 12.1 Å². The highest BCUT2D eigenvalue weighted by molar-refractivity contribution is 5.95. The van der Waals surface area contributed by atoms with Crippen molar-refractivity contribution < 1.29 is 9.59 Å². The van der Waals surface area contributed by atoms with Crippen LogP contribution in [0.25, 0.3) is 0 Å². The van der Waals surface area contributed by atoms with Crippen molar-refractivity contribution in [1.82, 2.24) is 9.88 Å². The Kier molecular flexibility index (Phi) is 5.91. The van der Waals surface area contributed by atoms with E-state index >= 15 is 0 Å². The van der Waals surface area contributed by atoms with Crippen LogP contribution in [-0.2, 0) is 4.79 Å². The third kappa shape index (κ3) is 4.19. The third-order valence-corrected chi connectivity index (χ3v) is 3.47. The van der Waals surface area contributed by atoms with Crippen molar-refractivity contribution in [1.29, 1.82) is 0 Å². The molecule has 0 aliphatic heterocycles. The second kappa shape index (κ2) is 7.24. The third-order valence-electron chi connectivity index (χ3n) is 3.47. The van der Waals surface area contributed by atoms with Gasteiger partial charge in [-0.1, -0.05) is 0 Å². The lowest BCUT2D eigenvalue weighted by atomic mass is 10.1. The highest BCUT2D eigenvalue weighted by Crippen LogP contribution is 2.15. The molecule has 0 radical (unpaired) electrons. The molecule has 0 saturated carbocycles. The Morgan fingerprint density at radius 3 is 2.18 bits per heavy atom. The molecular weight excluding hydrogens is 280 g/mol. The number of nitrogens with two attached hydrogens (primary N) is 1. The minimum atomic E-state index is -0.529. The van der Waals surface area contributed by atoms with Crippen LogP contribution in [0.15, 0.2) is 12.3 Å². The minimum absolute atomic E-state index is 0.00574. The Hall–Kier alpha value is -2.11. The van der Waals surface area contributed by atoms with Crippen molar-refractivity contribution in [2.24, 2.45) is 5.73 Å². The summed E-state index contributed by atoms with van der Waals surface area (Å²) in [4.78, 5) is 29.9. The lowest BCUT2D eigenvalue weighted by molar-refractivity contribution is -0.135. The van der Waals surface area contributed by atoms with Crippen molar-refractivity contribution in [2.45, 2.75) is 59.7 Å². The van der Waals surface area contributed by atoms with E-state index in [1.54, 1.807) is 26.1 Å². The standard InChI is InChI=1S/C16H26N4O2/c1-9(2)20(10(3)4)16(22)12(6)19-13-7-14(15(17)21)11(5)18-8-13/h7-10,12,19H,1-6H3,(H2,17,21). The molecule has 0 saturated heterocycles. The number of anilines is 1. The molecule has 0 fully saturated rings. The van der Waals surface area contributed by atoms with Crippen molar-refractivity contribution in [2.75, 3.05) is 5.32 Å². The van der Waals surface area contributed by atoms with E-state index in [1.165, 1.54) is 0 Å². The molecule has 1 heterocycles. The molecule has 0 aromatic carbocycles. The zero-order chi connectivity index (χ0) is 17.0. The molecule has 22 heavy (non-hydrogen) atoms. The first kappa shape index (κ1) is 17.9. The highest BCUT2D eigenvalue weighted by Gasteiger charge is 2.25. The molecule has 122 valence electrons. The molecule has 1 aromatic rings. The highest BCUT2D eigenvalue weighted by atomic mass is 16.2. The number of carbonyl (C=O) groups is 2. The van der Waals surface area contributed by atoms with Crippen LogP contribution in [0.5, 0.6) is 0 Å². The molecule has 0 bridgehead atoms. The molecule has 0 aliphatic rings. The normalized spacial score (nSPS) is 12.4. The van der Waals surface area contributed by atoms with Crippen LogP contribution in [-0.4, -0.2) is 39.8 Å². The zero-order valence-electron chi connectivity index (χ0n) is 14.2. The molecule has 1 unspecified atom stereocenters. The van der Waals surface area contributed by atoms with E-state index in [0.29, 0.717) is 16.9 Å². The molecule has 6 heteroatoms. The first-order chi connectivity index (χ1) is 10.1. The summed E-state index contributed by atoms with van der Waals surface area (Å²) in [6.45, 7) is 11.5. The number of hydrogen-bond donors (Lipinski definition) is 2. The van der Waals surface area contributed by atoms with Gasteiger partial charge in [-0.2, -0.15) is 0 Å². The summed E-state index contributed by atoms with van der Waals surface area (Å²) in [7, 11) is 0. The van der Waals surface area contributed by atoms with Gasteiger partial charge in [-0.05, 0) is 47.6 Å². The first-order valence-electron chi connectivity index (χ1n) is 7.50. The van der Waals surface area contributed by atoms with E-state index in [9.17, 15) is 9.59 Å². The number of pyridine rings is 1. The maximum Gasteiger partial charge on any atom is 0.250 e. The minimum Gasteiger partial charge on any atom is -0.373 e. The topological polar surface area (TPSA) is 88.3 Å². The Morgan fingerprint density at radius 2 is 1.73 bits per heavy atom. The van der Waals surface area contributed by atoms with Crippen LogP contribution in [0.4, 0.5) is 5.69 Å². The number of nitrogens with zero attached hydrogens (tertiary/aromatic N) is 2. The van der Waals surface area contributed by atoms with Gasteiger partial charge in [0.05, 0.1) is 23.1 Å². The second-order valence-corrected chi connectivity index (χ2v) is 6.02. The summed E-state index contributed by atoms with van der Waals surface area (Å²) in [5.74, 6) is -0.523. The lowest BCUT2D eigenvalue weighted by Crippen LogP contribution is -2.48. The van der Waals surface area contributed by atoms with Gasteiger partial charge < -0.3 is 16.0 Å². The molecular formula is C16H26N4O2. The van der Waals surface area contributed by atoms with Crippen molar-refractivity contribution >= 4 is 17.5 Å². The fraction of sp³-hybridized carbons (Fsp3) is 0.562. The van der Waals surface area contributed by atoms with Crippen LogP contribution in [0.3, 0.4) is 0 Å². The largest absolute Gasteiger partial charge is 0.373 e. The number of aryl methyl sites for hydroxylation is 1. The van der Waals surface area contributed by atoms with Gasteiger partial charge in [-0.3, -0.25) is 14.6 Å². The Bertz CT molecular complexity index is 547. The molecule has 2 amide bonds. The maximum absolute atomic E-state index is 12.6. The van der Waals surface area contributed by atoms with Gasteiger partial charge >= 0.3 is 0 Å². The number of hydrogen-bond acceptors (Lipinski definition) is 4. The van der Waals surface area contributed by atoms with E-state index in [2.05, 4.69) is 10.3 Å². The smallest absolute Gasteiger partial charge is 0.250 e. The van der Waals surface area contributed by atoms with E-state index in [4.69, 9.17) is 5.73 Å². The molecule has 6 nitrogen and oxygen atoms in total. The SMILES string of the molecule is Cc1ncc(NC(C)C(=O)N(C(C)C)C(C)C)cc1C(N)=O. The Balaban J connectivity index is 2.92. The molecule has 3 N–H and O–H groups in total. The van der Waals surface area contributed by atoms with Gasteiger partial charge in [0.25, 0.3) is 5.91 Å². The molecule has 1 rings (SSSR count). The van der Waals surface area contributed by atoms with Crippen LogP contribution in [0.1, 0.15) is 50.7 Å². The molecule has 0 spiro atoms. The fourth-order valence-electron chi connectivity index (χ4n) is 2.50. The van der Waals surface area contributed by atoms with E-state index < -0.39 is 11.9 Å².